The molecule has 1 aromatic heterocycles. The molecular weight excluding hydrogens is 190 g/mol. The molecule has 1 atom stereocenters. The van der Waals surface area contributed by atoms with E-state index >= 15 is 0 Å². The molecule has 2 rings (SSSR count). The normalized spacial score (nSPS) is 22.4. The maximum Gasteiger partial charge on any atom is 0.208 e. The lowest BCUT2D eigenvalue weighted by Crippen LogP contribution is -2.31. The van der Waals surface area contributed by atoms with Crippen LogP contribution in [0.15, 0.2) is 10.6 Å². The highest BCUT2D eigenvalue weighted by Gasteiger charge is 2.18. The van der Waals surface area contributed by atoms with Crippen molar-refractivity contribution in [2.45, 2.75) is 32.4 Å². The van der Waals surface area contributed by atoms with E-state index in [1.165, 1.54) is 13.0 Å². The molecule has 0 aliphatic carbocycles. The molecule has 15 heavy (non-hydrogen) atoms. The number of hydrogen-bond donors (Lipinski definition) is 1. The molecule has 1 fully saturated rings. The third kappa shape index (κ3) is 2.79. The van der Waals surface area contributed by atoms with Crippen LogP contribution in [0.5, 0.6) is 0 Å². The number of likely N-dealkylation sites (tertiary alicyclic amines) is 1. The van der Waals surface area contributed by atoms with Crippen molar-refractivity contribution in [3.8, 4) is 0 Å². The first-order chi connectivity index (χ1) is 7.28. The Morgan fingerprint density at radius 3 is 3.13 bits per heavy atom. The summed E-state index contributed by atoms with van der Waals surface area (Å²) >= 11 is 0. The van der Waals surface area contributed by atoms with Gasteiger partial charge in [0.25, 0.3) is 0 Å². The zero-order valence-corrected chi connectivity index (χ0v) is 9.49. The number of rotatable bonds is 4. The van der Waals surface area contributed by atoms with Crippen LogP contribution in [0.2, 0.25) is 0 Å². The summed E-state index contributed by atoms with van der Waals surface area (Å²) in [6, 6.07) is 0.590. The summed E-state index contributed by atoms with van der Waals surface area (Å²) in [5.74, 6) is 1.77. The molecule has 1 aliphatic rings. The number of nitrogens with one attached hydrogen (secondary N) is 1. The molecule has 1 N–H and O–H groups in total. The van der Waals surface area contributed by atoms with E-state index in [1.54, 1.807) is 0 Å². The van der Waals surface area contributed by atoms with Crippen LogP contribution in [0.1, 0.15) is 25.0 Å². The van der Waals surface area contributed by atoms with Crippen molar-refractivity contribution in [2.24, 2.45) is 0 Å². The highest BCUT2D eigenvalue weighted by molar-refractivity contribution is 4.93. The van der Waals surface area contributed by atoms with Crippen LogP contribution in [0.25, 0.3) is 0 Å². The van der Waals surface area contributed by atoms with Gasteiger partial charge in [-0.1, -0.05) is 6.92 Å². The van der Waals surface area contributed by atoms with Crippen LogP contribution >= 0.6 is 0 Å². The standard InChI is InChI=1S/C11H19N3O/c1-3-10-6-13-11(15-10)7-12-9-4-5-14(2)8-9/h6,9,12H,3-5,7-8H2,1-2H3. The first kappa shape index (κ1) is 10.6. The number of nitrogens with zero attached hydrogens (tertiary/aromatic N) is 2. The van der Waals surface area contributed by atoms with Gasteiger partial charge in [0.15, 0.2) is 0 Å². The summed E-state index contributed by atoms with van der Waals surface area (Å²) in [5.41, 5.74) is 0. The highest BCUT2D eigenvalue weighted by Crippen LogP contribution is 2.08. The van der Waals surface area contributed by atoms with E-state index in [2.05, 4.69) is 29.2 Å². The van der Waals surface area contributed by atoms with Gasteiger partial charge in [-0.2, -0.15) is 0 Å². The van der Waals surface area contributed by atoms with Gasteiger partial charge in [-0.25, -0.2) is 4.98 Å². The number of aryl methyl sites for hydroxylation is 1. The third-order valence-corrected chi connectivity index (χ3v) is 2.88. The SMILES string of the molecule is CCc1cnc(CNC2CCN(C)C2)o1. The molecule has 0 amide bonds. The Morgan fingerprint density at radius 2 is 2.53 bits per heavy atom. The molecule has 0 saturated carbocycles. The maximum absolute atomic E-state index is 5.53. The predicted octanol–water partition coefficient (Wildman–Crippen LogP) is 1.03. The smallest absolute Gasteiger partial charge is 0.208 e. The fourth-order valence-corrected chi connectivity index (χ4v) is 1.93. The average Bonchev–Trinajstić information content (AvgIpc) is 2.83. The molecule has 0 aromatic carbocycles. The Kier molecular flexibility index (Phi) is 3.38. The van der Waals surface area contributed by atoms with Gasteiger partial charge in [0.1, 0.15) is 5.76 Å². The third-order valence-electron chi connectivity index (χ3n) is 2.88. The quantitative estimate of drug-likeness (QED) is 0.804. The molecule has 1 aliphatic heterocycles. The molecule has 84 valence electrons. The Balaban J connectivity index is 1.77. The lowest BCUT2D eigenvalue weighted by Gasteiger charge is -2.10. The van der Waals surface area contributed by atoms with Gasteiger partial charge in [0, 0.05) is 19.0 Å². The second-order valence-electron chi connectivity index (χ2n) is 4.20. The second kappa shape index (κ2) is 4.77. The van der Waals surface area contributed by atoms with E-state index in [0.717, 1.165) is 31.2 Å². The Labute approximate surface area is 90.7 Å². The first-order valence-corrected chi connectivity index (χ1v) is 5.63. The van der Waals surface area contributed by atoms with Crippen molar-refractivity contribution >= 4 is 0 Å². The summed E-state index contributed by atoms with van der Waals surface area (Å²) in [5, 5.41) is 3.47. The Hall–Kier alpha value is -0.870. The monoisotopic (exact) mass is 209 g/mol. The van der Waals surface area contributed by atoms with Crippen molar-refractivity contribution in [1.82, 2.24) is 15.2 Å². The van der Waals surface area contributed by atoms with Crippen molar-refractivity contribution < 1.29 is 4.42 Å². The van der Waals surface area contributed by atoms with Gasteiger partial charge < -0.3 is 14.6 Å². The molecule has 1 unspecified atom stereocenters. The van der Waals surface area contributed by atoms with Crippen LogP contribution in [-0.4, -0.2) is 36.1 Å². The van der Waals surface area contributed by atoms with Gasteiger partial charge in [-0.05, 0) is 20.0 Å². The van der Waals surface area contributed by atoms with Crippen molar-refractivity contribution in [2.75, 3.05) is 20.1 Å². The Morgan fingerprint density at radius 1 is 1.67 bits per heavy atom. The van der Waals surface area contributed by atoms with E-state index in [0.29, 0.717) is 6.04 Å². The predicted molar refractivity (Wildman–Crippen MR) is 58.6 cm³/mol. The van der Waals surface area contributed by atoms with Gasteiger partial charge in [0.2, 0.25) is 5.89 Å². The molecule has 0 bridgehead atoms. The molecule has 1 saturated heterocycles. The van der Waals surface area contributed by atoms with Crippen LogP contribution in [0.3, 0.4) is 0 Å². The first-order valence-electron chi connectivity index (χ1n) is 5.63. The lowest BCUT2D eigenvalue weighted by molar-refractivity contribution is 0.383. The zero-order valence-electron chi connectivity index (χ0n) is 9.49. The molecule has 0 radical (unpaired) electrons. The minimum absolute atomic E-state index is 0.590. The van der Waals surface area contributed by atoms with E-state index in [4.69, 9.17) is 4.42 Å². The summed E-state index contributed by atoms with van der Waals surface area (Å²) in [7, 11) is 2.15. The van der Waals surface area contributed by atoms with Gasteiger partial charge in [0.05, 0.1) is 12.7 Å². The van der Waals surface area contributed by atoms with E-state index < -0.39 is 0 Å². The number of aromatic nitrogens is 1. The van der Waals surface area contributed by atoms with Crippen LogP contribution in [0, 0.1) is 0 Å². The van der Waals surface area contributed by atoms with Gasteiger partial charge in [-0.3, -0.25) is 0 Å². The number of oxazole rings is 1. The average molecular weight is 209 g/mol. The van der Waals surface area contributed by atoms with Crippen molar-refractivity contribution in [1.29, 1.82) is 0 Å². The lowest BCUT2D eigenvalue weighted by atomic mass is 10.2. The fraction of sp³-hybridized carbons (Fsp3) is 0.727. The van der Waals surface area contributed by atoms with E-state index in [-0.39, 0.29) is 0 Å². The molecule has 4 nitrogen and oxygen atoms in total. The van der Waals surface area contributed by atoms with E-state index in [1.807, 2.05) is 6.20 Å². The summed E-state index contributed by atoms with van der Waals surface area (Å²) in [6.45, 7) is 5.13. The van der Waals surface area contributed by atoms with Crippen LogP contribution < -0.4 is 5.32 Å². The summed E-state index contributed by atoms with van der Waals surface area (Å²) < 4.78 is 5.53. The molecular formula is C11H19N3O. The summed E-state index contributed by atoms with van der Waals surface area (Å²) in [6.07, 6.45) is 3.95. The van der Waals surface area contributed by atoms with Crippen molar-refractivity contribution in [3.63, 3.8) is 0 Å². The van der Waals surface area contributed by atoms with E-state index in [9.17, 15) is 0 Å². The van der Waals surface area contributed by atoms with Gasteiger partial charge >= 0.3 is 0 Å². The Bertz CT molecular complexity index is 311. The molecule has 4 heteroatoms. The number of hydrogen-bond acceptors (Lipinski definition) is 4. The summed E-state index contributed by atoms with van der Waals surface area (Å²) in [4.78, 5) is 6.56. The zero-order chi connectivity index (χ0) is 10.7. The fourth-order valence-electron chi connectivity index (χ4n) is 1.93. The molecule has 2 heterocycles. The second-order valence-corrected chi connectivity index (χ2v) is 4.20. The maximum atomic E-state index is 5.53. The van der Waals surface area contributed by atoms with Crippen LogP contribution in [-0.2, 0) is 13.0 Å². The largest absolute Gasteiger partial charge is 0.444 e. The van der Waals surface area contributed by atoms with Crippen LogP contribution in [0.4, 0.5) is 0 Å². The van der Waals surface area contributed by atoms with Gasteiger partial charge in [-0.15, -0.1) is 0 Å². The topological polar surface area (TPSA) is 41.3 Å². The van der Waals surface area contributed by atoms with Crippen molar-refractivity contribution in [3.05, 3.63) is 17.8 Å². The molecule has 0 spiro atoms. The number of likely N-dealkylation sites (N-methyl/N-ethyl adjacent to an activating group) is 1. The minimum atomic E-state index is 0.590. The highest BCUT2D eigenvalue weighted by atomic mass is 16.4. The minimum Gasteiger partial charge on any atom is -0.444 e. The molecule has 1 aromatic rings.